The van der Waals surface area contributed by atoms with E-state index in [1.807, 2.05) is 99.8 Å². The van der Waals surface area contributed by atoms with Gasteiger partial charge in [0.2, 0.25) is 5.91 Å². The smallest absolute Gasteiger partial charge is 0.312 e. The number of aliphatic hydroxyl groups excluding tert-OH is 1. The number of aliphatic hydroxyl groups is 1. The number of ether oxygens (including phenoxy) is 1. The van der Waals surface area contributed by atoms with Crippen molar-refractivity contribution in [3.8, 4) is 28.3 Å². The molecule has 4 rings (SSSR count). The SMILES string of the molecule is C=CC[C@H](C(=O)OCc1ccccc1)[C@H](C(=O)NC(CO)C(C)(C)C)n1ccc(-c2ccc(-c3ccc(C#N)cc3)cc2)c1. The zero-order valence-electron chi connectivity index (χ0n) is 25.4. The average Bonchev–Trinajstić information content (AvgIpc) is 3.52. The molecule has 0 spiro atoms. The Morgan fingerprint density at radius 1 is 0.955 bits per heavy atom. The summed E-state index contributed by atoms with van der Waals surface area (Å²) >= 11 is 0. The summed E-state index contributed by atoms with van der Waals surface area (Å²) < 4.78 is 7.45. The molecule has 0 bridgehead atoms. The van der Waals surface area contributed by atoms with Crippen LogP contribution in [-0.2, 0) is 20.9 Å². The minimum Gasteiger partial charge on any atom is -0.461 e. The van der Waals surface area contributed by atoms with Gasteiger partial charge in [0, 0.05) is 12.4 Å². The number of nitrogens with zero attached hydrogens (tertiary/aromatic N) is 2. The largest absolute Gasteiger partial charge is 0.461 e. The summed E-state index contributed by atoms with van der Waals surface area (Å²) in [6.45, 7) is 9.51. The van der Waals surface area contributed by atoms with Gasteiger partial charge in [0.15, 0.2) is 0 Å². The predicted octanol–water partition coefficient (Wildman–Crippen LogP) is 6.69. The lowest BCUT2D eigenvalue weighted by Gasteiger charge is -2.33. The van der Waals surface area contributed by atoms with Crippen LogP contribution in [0.5, 0.6) is 0 Å². The normalized spacial score (nSPS) is 13.2. The molecule has 1 aromatic heterocycles. The lowest BCUT2D eigenvalue weighted by atomic mass is 9.86. The predicted molar refractivity (Wildman–Crippen MR) is 172 cm³/mol. The van der Waals surface area contributed by atoms with Crippen molar-refractivity contribution in [1.82, 2.24) is 9.88 Å². The molecular weight excluding hydrogens is 550 g/mol. The third kappa shape index (κ3) is 7.91. The Hall–Kier alpha value is -4.93. The maximum absolute atomic E-state index is 13.9. The average molecular weight is 590 g/mol. The van der Waals surface area contributed by atoms with Gasteiger partial charge in [-0.1, -0.05) is 93.6 Å². The van der Waals surface area contributed by atoms with Gasteiger partial charge in [-0.25, -0.2) is 0 Å². The second-order valence-electron chi connectivity index (χ2n) is 11.9. The highest BCUT2D eigenvalue weighted by atomic mass is 16.5. The Balaban J connectivity index is 1.64. The van der Waals surface area contributed by atoms with Crippen molar-refractivity contribution in [3.63, 3.8) is 0 Å². The lowest BCUT2D eigenvalue weighted by molar-refractivity contribution is -0.154. The van der Waals surface area contributed by atoms with Crippen LogP contribution in [0.1, 0.15) is 44.4 Å². The van der Waals surface area contributed by atoms with E-state index in [9.17, 15) is 14.7 Å². The minimum absolute atomic E-state index is 0.0887. The van der Waals surface area contributed by atoms with E-state index in [1.54, 1.807) is 29.0 Å². The summed E-state index contributed by atoms with van der Waals surface area (Å²) in [5.74, 6) is -1.75. The first-order valence-electron chi connectivity index (χ1n) is 14.7. The number of benzene rings is 3. The number of allylic oxidation sites excluding steroid dienone is 1. The highest BCUT2D eigenvalue weighted by Gasteiger charge is 2.38. The Labute approximate surface area is 259 Å². The molecule has 1 amide bonds. The number of hydrogen-bond acceptors (Lipinski definition) is 5. The molecule has 0 saturated carbocycles. The van der Waals surface area contributed by atoms with Crippen molar-refractivity contribution in [3.05, 3.63) is 121 Å². The molecule has 226 valence electrons. The summed E-state index contributed by atoms with van der Waals surface area (Å²) in [6.07, 6.45) is 5.48. The molecule has 0 aliphatic heterocycles. The molecule has 0 saturated heterocycles. The number of carbonyl (C=O) groups is 2. The Bertz CT molecular complexity index is 1590. The van der Waals surface area contributed by atoms with Crippen molar-refractivity contribution < 1.29 is 19.4 Å². The highest BCUT2D eigenvalue weighted by Crippen LogP contribution is 2.31. The van der Waals surface area contributed by atoms with Crippen molar-refractivity contribution in [2.45, 2.75) is 45.9 Å². The summed E-state index contributed by atoms with van der Waals surface area (Å²) in [5, 5.41) is 22.1. The Morgan fingerprint density at radius 2 is 1.55 bits per heavy atom. The zero-order valence-corrected chi connectivity index (χ0v) is 25.4. The molecule has 7 heteroatoms. The van der Waals surface area contributed by atoms with Gasteiger partial charge in [-0.3, -0.25) is 9.59 Å². The van der Waals surface area contributed by atoms with Gasteiger partial charge in [0.1, 0.15) is 12.6 Å². The monoisotopic (exact) mass is 589 g/mol. The van der Waals surface area contributed by atoms with E-state index in [4.69, 9.17) is 10.00 Å². The standard InChI is InChI=1S/C37H39N3O4/c1-5-9-32(36(43)44-25-27-10-7-6-8-11-27)34(35(42)39-33(24-41)37(2,3)4)40-21-20-31(23-40)30-18-16-29(17-19-30)28-14-12-26(22-38)13-15-28/h5-8,10-21,23,32-34,41H,1,9,24-25H2,2-4H3,(H,39,42)/t32-,33?,34+/m0/s1. The quantitative estimate of drug-likeness (QED) is 0.141. The number of nitriles is 1. The molecule has 3 atom stereocenters. The van der Waals surface area contributed by atoms with E-state index >= 15 is 0 Å². The molecular formula is C37H39N3O4. The maximum Gasteiger partial charge on any atom is 0.312 e. The fourth-order valence-electron chi connectivity index (χ4n) is 5.04. The number of nitrogens with one attached hydrogen (secondary N) is 1. The van der Waals surface area contributed by atoms with Gasteiger partial charge in [0.25, 0.3) is 0 Å². The molecule has 2 N–H and O–H groups in total. The summed E-state index contributed by atoms with van der Waals surface area (Å²) in [5.41, 5.74) is 4.88. The maximum atomic E-state index is 13.9. The molecule has 0 radical (unpaired) electrons. The van der Waals surface area contributed by atoms with E-state index in [0.29, 0.717) is 5.56 Å². The van der Waals surface area contributed by atoms with Gasteiger partial charge in [-0.15, -0.1) is 6.58 Å². The highest BCUT2D eigenvalue weighted by molar-refractivity contribution is 5.87. The second kappa shape index (κ2) is 14.5. The third-order valence-electron chi connectivity index (χ3n) is 7.74. The van der Waals surface area contributed by atoms with Crippen LogP contribution >= 0.6 is 0 Å². The number of esters is 1. The van der Waals surface area contributed by atoms with E-state index < -0.39 is 29.4 Å². The minimum atomic E-state index is -0.945. The number of carbonyl (C=O) groups excluding carboxylic acids is 2. The molecule has 44 heavy (non-hydrogen) atoms. The number of amides is 1. The van der Waals surface area contributed by atoms with Gasteiger partial charge in [-0.05, 0) is 57.9 Å². The fourth-order valence-corrected chi connectivity index (χ4v) is 5.04. The van der Waals surface area contributed by atoms with Crippen LogP contribution < -0.4 is 5.32 Å². The third-order valence-corrected chi connectivity index (χ3v) is 7.74. The molecule has 0 aliphatic rings. The first kappa shape index (κ1) is 32.0. The number of aromatic nitrogens is 1. The second-order valence-corrected chi connectivity index (χ2v) is 11.9. The van der Waals surface area contributed by atoms with E-state index in [1.165, 1.54) is 0 Å². The van der Waals surface area contributed by atoms with Crippen LogP contribution in [0.3, 0.4) is 0 Å². The Morgan fingerprint density at radius 3 is 2.09 bits per heavy atom. The summed E-state index contributed by atoms with van der Waals surface area (Å²) in [7, 11) is 0. The van der Waals surface area contributed by atoms with Gasteiger partial charge >= 0.3 is 5.97 Å². The molecule has 0 fully saturated rings. The van der Waals surface area contributed by atoms with Crippen LogP contribution in [0.25, 0.3) is 22.3 Å². The van der Waals surface area contributed by atoms with Gasteiger partial charge in [-0.2, -0.15) is 5.26 Å². The van der Waals surface area contributed by atoms with E-state index in [2.05, 4.69) is 18.0 Å². The van der Waals surface area contributed by atoms with Crippen molar-refractivity contribution >= 4 is 11.9 Å². The molecule has 0 aliphatic carbocycles. The van der Waals surface area contributed by atoms with Crippen LogP contribution in [0.15, 0.2) is 110 Å². The van der Waals surface area contributed by atoms with Crippen molar-refractivity contribution in [2.75, 3.05) is 6.61 Å². The molecule has 1 unspecified atom stereocenters. The fraction of sp³-hybridized carbons (Fsp3) is 0.270. The van der Waals surface area contributed by atoms with Crippen LogP contribution in [-0.4, -0.2) is 34.2 Å². The van der Waals surface area contributed by atoms with Crippen LogP contribution in [0, 0.1) is 22.7 Å². The lowest BCUT2D eigenvalue weighted by Crippen LogP contribution is -2.50. The van der Waals surface area contributed by atoms with Gasteiger partial charge in [0.05, 0.1) is 30.2 Å². The Kier molecular flexibility index (Phi) is 10.5. The van der Waals surface area contributed by atoms with E-state index in [0.717, 1.165) is 27.8 Å². The molecule has 4 aromatic rings. The number of rotatable bonds is 12. The van der Waals surface area contributed by atoms with Crippen molar-refractivity contribution in [1.29, 1.82) is 5.26 Å². The summed E-state index contributed by atoms with van der Waals surface area (Å²) in [6, 6.07) is 27.4. The molecule has 7 nitrogen and oxygen atoms in total. The molecule has 1 heterocycles. The zero-order chi connectivity index (χ0) is 31.7. The van der Waals surface area contributed by atoms with Crippen molar-refractivity contribution in [2.24, 2.45) is 11.3 Å². The first-order valence-corrected chi connectivity index (χ1v) is 14.7. The first-order chi connectivity index (χ1) is 21.1. The summed E-state index contributed by atoms with van der Waals surface area (Å²) in [4.78, 5) is 27.5. The topological polar surface area (TPSA) is 104 Å². The number of hydrogen-bond donors (Lipinski definition) is 2. The van der Waals surface area contributed by atoms with Gasteiger partial charge < -0.3 is 19.7 Å². The van der Waals surface area contributed by atoms with Crippen LogP contribution in [0.2, 0.25) is 0 Å². The van der Waals surface area contributed by atoms with E-state index in [-0.39, 0.29) is 25.5 Å². The molecule has 3 aromatic carbocycles. The van der Waals surface area contributed by atoms with Crippen LogP contribution in [0.4, 0.5) is 0 Å².